The Bertz CT molecular complexity index is 1380. The molecular weight excluding hydrogens is 433 g/mol. The summed E-state index contributed by atoms with van der Waals surface area (Å²) in [5.41, 5.74) is 4.13. The SMILES string of the molecule is O=C(C1CC=CCC1c1nc2ccccc2s1)N1CC=C(c2c[nH]c3cc(F)ccc23)CC1. The summed E-state index contributed by atoms with van der Waals surface area (Å²) in [6.07, 6.45) is 10.8. The fourth-order valence-corrected chi connectivity index (χ4v) is 6.27. The first-order valence-electron chi connectivity index (χ1n) is 11.4. The van der Waals surface area contributed by atoms with Gasteiger partial charge in [-0.25, -0.2) is 9.37 Å². The van der Waals surface area contributed by atoms with Crippen molar-refractivity contribution in [3.63, 3.8) is 0 Å². The maximum Gasteiger partial charge on any atom is 0.227 e. The van der Waals surface area contributed by atoms with Crippen molar-refractivity contribution in [3.8, 4) is 0 Å². The minimum absolute atomic E-state index is 0.0680. The third-order valence-corrected chi connectivity index (χ3v) is 8.06. The minimum Gasteiger partial charge on any atom is -0.360 e. The summed E-state index contributed by atoms with van der Waals surface area (Å²) < 4.78 is 14.7. The van der Waals surface area contributed by atoms with Gasteiger partial charge in [0.2, 0.25) is 5.91 Å². The molecule has 0 fully saturated rings. The lowest BCUT2D eigenvalue weighted by molar-refractivity contribution is -0.136. The summed E-state index contributed by atoms with van der Waals surface area (Å²) in [7, 11) is 0. The van der Waals surface area contributed by atoms with Gasteiger partial charge >= 0.3 is 0 Å². The van der Waals surface area contributed by atoms with E-state index in [2.05, 4.69) is 29.3 Å². The highest BCUT2D eigenvalue weighted by molar-refractivity contribution is 7.18. The molecule has 2 aromatic carbocycles. The number of aromatic amines is 1. The molecule has 0 bridgehead atoms. The fraction of sp³-hybridized carbons (Fsp3) is 0.259. The number of hydrogen-bond acceptors (Lipinski definition) is 3. The first-order valence-corrected chi connectivity index (χ1v) is 12.2. The molecule has 6 heteroatoms. The van der Waals surface area contributed by atoms with Gasteiger partial charge in [0.05, 0.1) is 21.1 Å². The number of thiazole rings is 1. The molecule has 1 amide bonds. The lowest BCUT2D eigenvalue weighted by Crippen LogP contribution is -2.41. The Labute approximate surface area is 195 Å². The zero-order chi connectivity index (χ0) is 22.4. The van der Waals surface area contributed by atoms with Crippen LogP contribution in [0.5, 0.6) is 0 Å². The first kappa shape index (κ1) is 20.4. The molecule has 2 unspecified atom stereocenters. The van der Waals surface area contributed by atoms with Crippen LogP contribution in [0.3, 0.4) is 0 Å². The van der Waals surface area contributed by atoms with Crippen molar-refractivity contribution in [1.82, 2.24) is 14.9 Å². The Morgan fingerprint density at radius 3 is 2.88 bits per heavy atom. The molecule has 166 valence electrons. The molecule has 6 rings (SSSR count). The number of H-pyrrole nitrogens is 1. The standard InChI is InChI=1S/C27H24FN3OS/c28-18-9-10-19-22(16-29-24(19)15-18)17-11-13-31(14-12-17)27(32)21-6-2-1-5-20(21)26-30-23-7-3-4-8-25(23)33-26/h1-4,7-11,15-16,20-21,29H,5-6,12-14H2. The molecule has 33 heavy (non-hydrogen) atoms. The van der Waals surface area contributed by atoms with Crippen LogP contribution in [0.2, 0.25) is 0 Å². The molecule has 2 atom stereocenters. The van der Waals surface area contributed by atoms with Gasteiger partial charge in [0.25, 0.3) is 0 Å². The van der Waals surface area contributed by atoms with Crippen LogP contribution in [-0.2, 0) is 4.79 Å². The number of fused-ring (bicyclic) bond motifs is 2. The molecule has 1 N–H and O–H groups in total. The average Bonchev–Trinajstić information content (AvgIpc) is 3.47. The van der Waals surface area contributed by atoms with Crippen molar-refractivity contribution < 1.29 is 9.18 Å². The highest BCUT2D eigenvalue weighted by Gasteiger charge is 2.35. The topological polar surface area (TPSA) is 49.0 Å². The van der Waals surface area contributed by atoms with Crippen molar-refractivity contribution >= 4 is 43.9 Å². The van der Waals surface area contributed by atoms with Crippen LogP contribution in [0, 0.1) is 11.7 Å². The monoisotopic (exact) mass is 457 g/mol. The van der Waals surface area contributed by atoms with Crippen LogP contribution >= 0.6 is 11.3 Å². The highest BCUT2D eigenvalue weighted by Crippen LogP contribution is 2.40. The molecule has 1 aliphatic carbocycles. The van der Waals surface area contributed by atoms with E-state index in [0.29, 0.717) is 13.1 Å². The van der Waals surface area contributed by atoms with Crippen LogP contribution < -0.4 is 0 Å². The van der Waals surface area contributed by atoms with Crippen LogP contribution in [0.15, 0.2) is 66.9 Å². The maximum atomic E-state index is 13.6. The van der Waals surface area contributed by atoms with Crippen molar-refractivity contribution in [2.45, 2.75) is 25.2 Å². The van der Waals surface area contributed by atoms with Crippen molar-refractivity contribution in [1.29, 1.82) is 0 Å². The fourth-order valence-electron chi connectivity index (χ4n) is 5.12. The Hall–Kier alpha value is -3.25. The van der Waals surface area contributed by atoms with Gasteiger partial charge in [0.15, 0.2) is 0 Å². The van der Waals surface area contributed by atoms with Crippen LogP contribution in [0.1, 0.15) is 35.8 Å². The van der Waals surface area contributed by atoms with Crippen LogP contribution in [0.25, 0.3) is 26.7 Å². The lowest BCUT2D eigenvalue weighted by Gasteiger charge is -2.33. The molecule has 2 aliphatic rings. The molecular formula is C27H24FN3OS. The van der Waals surface area contributed by atoms with E-state index < -0.39 is 0 Å². The van der Waals surface area contributed by atoms with E-state index in [1.165, 1.54) is 22.4 Å². The number of allylic oxidation sites excluding steroid dienone is 2. The molecule has 4 nitrogen and oxygen atoms in total. The third kappa shape index (κ3) is 3.68. The van der Waals surface area contributed by atoms with Gasteiger partial charge in [-0.05, 0) is 55.2 Å². The molecule has 2 aromatic heterocycles. The van der Waals surface area contributed by atoms with E-state index in [9.17, 15) is 9.18 Å². The number of para-hydroxylation sites is 1. The second-order valence-electron chi connectivity index (χ2n) is 8.83. The van der Waals surface area contributed by atoms with E-state index in [1.54, 1.807) is 11.3 Å². The number of aromatic nitrogens is 2. The predicted molar refractivity (Wildman–Crippen MR) is 132 cm³/mol. The maximum absolute atomic E-state index is 13.6. The lowest BCUT2D eigenvalue weighted by atomic mass is 9.82. The summed E-state index contributed by atoms with van der Waals surface area (Å²) in [6, 6.07) is 13.0. The molecule has 0 saturated heterocycles. The number of hydrogen-bond donors (Lipinski definition) is 1. The Morgan fingerprint density at radius 1 is 1.15 bits per heavy atom. The summed E-state index contributed by atoms with van der Waals surface area (Å²) in [6.45, 7) is 1.31. The molecule has 4 aromatic rings. The quantitative estimate of drug-likeness (QED) is 0.368. The van der Waals surface area contributed by atoms with E-state index in [0.717, 1.165) is 46.3 Å². The number of nitrogens with one attached hydrogen (secondary N) is 1. The van der Waals surface area contributed by atoms with Crippen molar-refractivity contribution in [3.05, 3.63) is 83.3 Å². The van der Waals surface area contributed by atoms with E-state index in [4.69, 9.17) is 4.98 Å². The third-order valence-electron chi connectivity index (χ3n) is 6.89. The van der Waals surface area contributed by atoms with Gasteiger partial charge in [0, 0.05) is 41.7 Å². The molecule has 1 aliphatic heterocycles. The highest BCUT2D eigenvalue weighted by atomic mass is 32.1. The second-order valence-corrected chi connectivity index (χ2v) is 9.89. The molecule has 0 radical (unpaired) electrons. The zero-order valence-corrected chi connectivity index (χ0v) is 18.9. The Kier molecular flexibility index (Phi) is 5.10. The van der Waals surface area contributed by atoms with Gasteiger partial charge in [0.1, 0.15) is 5.82 Å². The molecule has 0 spiro atoms. The van der Waals surface area contributed by atoms with Gasteiger partial charge in [-0.15, -0.1) is 11.3 Å². The van der Waals surface area contributed by atoms with Gasteiger partial charge in [-0.3, -0.25) is 4.79 Å². The van der Waals surface area contributed by atoms with Gasteiger partial charge < -0.3 is 9.88 Å². The Morgan fingerprint density at radius 2 is 2.03 bits per heavy atom. The smallest absolute Gasteiger partial charge is 0.227 e. The summed E-state index contributed by atoms with van der Waals surface area (Å²) >= 11 is 1.71. The number of halogens is 1. The Balaban J connectivity index is 1.22. The van der Waals surface area contributed by atoms with Gasteiger partial charge in [-0.1, -0.05) is 30.4 Å². The first-order chi connectivity index (χ1) is 16.2. The predicted octanol–water partition coefficient (Wildman–Crippen LogP) is 6.28. The number of nitrogens with zero attached hydrogens (tertiary/aromatic N) is 2. The number of benzene rings is 2. The average molecular weight is 458 g/mol. The van der Waals surface area contributed by atoms with Crippen LogP contribution in [-0.4, -0.2) is 33.9 Å². The largest absolute Gasteiger partial charge is 0.360 e. The van der Waals surface area contributed by atoms with E-state index in [1.807, 2.05) is 35.4 Å². The number of amides is 1. The molecule has 3 heterocycles. The van der Waals surface area contributed by atoms with E-state index >= 15 is 0 Å². The number of carbonyl (C=O) groups is 1. The van der Waals surface area contributed by atoms with Crippen LogP contribution in [0.4, 0.5) is 4.39 Å². The number of rotatable bonds is 3. The van der Waals surface area contributed by atoms with Crippen molar-refractivity contribution in [2.75, 3.05) is 13.1 Å². The van der Waals surface area contributed by atoms with E-state index in [-0.39, 0.29) is 23.6 Å². The molecule has 0 saturated carbocycles. The summed E-state index contributed by atoms with van der Waals surface area (Å²) in [4.78, 5) is 23.6. The summed E-state index contributed by atoms with van der Waals surface area (Å²) in [5.74, 6) is 0.0461. The summed E-state index contributed by atoms with van der Waals surface area (Å²) in [5, 5.41) is 2.09. The number of carbonyl (C=O) groups excluding carboxylic acids is 1. The van der Waals surface area contributed by atoms with Crippen molar-refractivity contribution in [2.24, 2.45) is 5.92 Å². The minimum atomic E-state index is -0.241. The second kappa shape index (κ2) is 8.27. The van der Waals surface area contributed by atoms with Gasteiger partial charge in [-0.2, -0.15) is 0 Å². The zero-order valence-electron chi connectivity index (χ0n) is 18.1. The normalized spacial score (nSPS) is 21.0.